The largest absolute Gasteiger partial charge is 0.396 e. The Hall–Kier alpha value is -0.650. The number of nitrogens with zero attached hydrogens (tertiary/aromatic N) is 1. The van der Waals surface area contributed by atoms with Crippen LogP contribution in [0.25, 0.3) is 0 Å². The number of rotatable bonds is 4. The lowest BCUT2D eigenvalue weighted by Gasteiger charge is -2.30. The Balaban J connectivity index is 1.65. The minimum Gasteiger partial charge on any atom is -0.396 e. The van der Waals surface area contributed by atoms with Crippen molar-refractivity contribution in [1.82, 2.24) is 10.2 Å². The second kappa shape index (κ2) is 7.07. The Kier molecular flexibility index (Phi) is 5.41. The molecule has 0 aromatic rings. The highest BCUT2D eigenvalue weighted by atomic mass is 16.5. The highest BCUT2D eigenvalue weighted by Crippen LogP contribution is 2.23. The zero-order chi connectivity index (χ0) is 12.8. The van der Waals surface area contributed by atoms with Gasteiger partial charge in [0.05, 0.1) is 19.8 Å². The van der Waals surface area contributed by atoms with E-state index in [4.69, 9.17) is 9.84 Å². The molecule has 1 saturated carbocycles. The lowest BCUT2D eigenvalue weighted by molar-refractivity contribution is -0.124. The van der Waals surface area contributed by atoms with Crippen LogP contribution < -0.4 is 5.32 Å². The predicted octanol–water partition coefficient (Wildman–Crippen LogP) is -0.0141. The normalized spacial score (nSPS) is 30.1. The first-order valence-electron chi connectivity index (χ1n) is 6.98. The average Bonchev–Trinajstić information content (AvgIpc) is 2.40. The molecule has 1 amide bonds. The van der Waals surface area contributed by atoms with E-state index in [0.717, 1.165) is 52.0 Å². The van der Waals surface area contributed by atoms with Crippen molar-refractivity contribution in [2.45, 2.75) is 31.7 Å². The summed E-state index contributed by atoms with van der Waals surface area (Å²) in [6.07, 6.45) is 4.05. The zero-order valence-electron chi connectivity index (χ0n) is 10.9. The van der Waals surface area contributed by atoms with Gasteiger partial charge in [-0.15, -0.1) is 0 Å². The molecule has 1 aliphatic heterocycles. The van der Waals surface area contributed by atoms with Crippen molar-refractivity contribution < 1.29 is 14.6 Å². The Morgan fingerprint density at radius 2 is 1.89 bits per heavy atom. The van der Waals surface area contributed by atoms with E-state index in [-0.39, 0.29) is 12.5 Å². The van der Waals surface area contributed by atoms with Crippen LogP contribution in [0.5, 0.6) is 0 Å². The van der Waals surface area contributed by atoms with Crippen molar-refractivity contribution in [3.05, 3.63) is 0 Å². The van der Waals surface area contributed by atoms with E-state index >= 15 is 0 Å². The highest BCUT2D eigenvalue weighted by molar-refractivity contribution is 5.78. The summed E-state index contributed by atoms with van der Waals surface area (Å²) in [5.41, 5.74) is 0. The smallest absolute Gasteiger partial charge is 0.234 e. The Labute approximate surface area is 108 Å². The van der Waals surface area contributed by atoms with Crippen molar-refractivity contribution in [1.29, 1.82) is 0 Å². The maximum absolute atomic E-state index is 11.9. The molecule has 104 valence electrons. The minimum atomic E-state index is 0.129. The molecule has 2 rings (SSSR count). The van der Waals surface area contributed by atoms with Gasteiger partial charge in [-0.05, 0) is 31.6 Å². The average molecular weight is 256 g/mol. The number of aliphatic hydroxyl groups is 1. The molecule has 1 heterocycles. The molecule has 0 atom stereocenters. The molecule has 0 aromatic heterocycles. The van der Waals surface area contributed by atoms with Gasteiger partial charge < -0.3 is 15.2 Å². The zero-order valence-corrected chi connectivity index (χ0v) is 10.9. The van der Waals surface area contributed by atoms with E-state index in [0.29, 0.717) is 18.5 Å². The number of ether oxygens (including phenoxy) is 1. The van der Waals surface area contributed by atoms with E-state index in [2.05, 4.69) is 10.2 Å². The van der Waals surface area contributed by atoms with Crippen LogP contribution in [0.15, 0.2) is 0 Å². The number of morpholine rings is 1. The highest BCUT2D eigenvalue weighted by Gasteiger charge is 2.22. The summed E-state index contributed by atoms with van der Waals surface area (Å²) < 4.78 is 5.26. The van der Waals surface area contributed by atoms with Crippen LogP contribution in [0, 0.1) is 5.92 Å². The number of nitrogens with one attached hydrogen (secondary N) is 1. The first-order valence-corrected chi connectivity index (χ1v) is 6.98. The van der Waals surface area contributed by atoms with Crippen molar-refractivity contribution in [3.8, 4) is 0 Å². The Bertz CT molecular complexity index is 259. The van der Waals surface area contributed by atoms with Gasteiger partial charge in [-0.1, -0.05) is 0 Å². The third kappa shape index (κ3) is 4.23. The standard InChI is InChI=1S/C13H24N2O3/c16-10-11-1-3-12(4-2-11)14-13(17)9-15-5-7-18-8-6-15/h11-12,16H,1-10H2,(H,14,17). The van der Waals surface area contributed by atoms with Gasteiger partial charge in [0.15, 0.2) is 0 Å². The summed E-state index contributed by atoms with van der Waals surface area (Å²) in [6, 6.07) is 0.307. The van der Waals surface area contributed by atoms with Crippen molar-refractivity contribution in [2.75, 3.05) is 39.5 Å². The molecule has 18 heavy (non-hydrogen) atoms. The van der Waals surface area contributed by atoms with E-state index in [1.807, 2.05) is 0 Å². The summed E-state index contributed by atoms with van der Waals surface area (Å²) in [6.45, 7) is 3.94. The van der Waals surface area contributed by atoms with Crippen LogP contribution in [0.1, 0.15) is 25.7 Å². The second-order valence-electron chi connectivity index (χ2n) is 5.36. The van der Waals surface area contributed by atoms with Crippen LogP contribution in [-0.2, 0) is 9.53 Å². The van der Waals surface area contributed by atoms with Gasteiger partial charge in [0, 0.05) is 25.7 Å². The van der Waals surface area contributed by atoms with Gasteiger partial charge in [0.25, 0.3) is 0 Å². The van der Waals surface area contributed by atoms with Gasteiger partial charge in [-0.2, -0.15) is 0 Å². The number of carbonyl (C=O) groups is 1. The van der Waals surface area contributed by atoms with Gasteiger partial charge in [-0.3, -0.25) is 9.69 Å². The molecule has 0 unspecified atom stereocenters. The fourth-order valence-corrected chi connectivity index (χ4v) is 2.73. The molecular weight excluding hydrogens is 232 g/mol. The summed E-state index contributed by atoms with van der Waals surface area (Å²) in [7, 11) is 0. The van der Waals surface area contributed by atoms with Gasteiger partial charge >= 0.3 is 0 Å². The summed E-state index contributed by atoms with van der Waals surface area (Å²) in [4.78, 5) is 14.0. The molecule has 0 aromatic carbocycles. The second-order valence-corrected chi connectivity index (χ2v) is 5.36. The molecule has 0 radical (unpaired) electrons. The molecule has 2 N–H and O–H groups in total. The molecule has 1 aliphatic carbocycles. The molecule has 0 spiro atoms. The third-order valence-corrected chi connectivity index (χ3v) is 3.94. The Morgan fingerprint density at radius 3 is 2.50 bits per heavy atom. The van der Waals surface area contributed by atoms with Gasteiger partial charge in [0.1, 0.15) is 0 Å². The molecule has 5 heteroatoms. The fraction of sp³-hybridized carbons (Fsp3) is 0.923. The van der Waals surface area contributed by atoms with E-state index < -0.39 is 0 Å². The van der Waals surface area contributed by atoms with Crippen LogP contribution in [0.3, 0.4) is 0 Å². The molecule has 1 saturated heterocycles. The van der Waals surface area contributed by atoms with E-state index in [9.17, 15) is 4.79 Å². The molecule has 2 fully saturated rings. The predicted molar refractivity (Wildman–Crippen MR) is 68.2 cm³/mol. The third-order valence-electron chi connectivity index (χ3n) is 3.94. The van der Waals surface area contributed by atoms with Crippen LogP contribution in [0.2, 0.25) is 0 Å². The number of hydrogen-bond acceptors (Lipinski definition) is 4. The lowest BCUT2D eigenvalue weighted by Crippen LogP contribution is -2.46. The first kappa shape index (κ1) is 13.8. The van der Waals surface area contributed by atoms with Crippen molar-refractivity contribution in [2.24, 2.45) is 5.92 Å². The van der Waals surface area contributed by atoms with Gasteiger partial charge in [0.2, 0.25) is 5.91 Å². The summed E-state index contributed by atoms with van der Waals surface area (Å²) in [5.74, 6) is 0.571. The molecule has 0 bridgehead atoms. The lowest BCUT2D eigenvalue weighted by atomic mass is 9.86. The monoisotopic (exact) mass is 256 g/mol. The van der Waals surface area contributed by atoms with Crippen LogP contribution in [-0.4, -0.2) is 61.4 Å². The van der Waals surface area contributed by atoms with Crippen LogP contribution in [0.4, 0.5) is 0 Å². The van der Waals surface area contributed by atoms with Gasteiger partial charge in [-0.25, -0.2) is 0 Å². The fourth-order valence-electron chi connectivity index (χ4n) is 2.73. The van der Waals surface area contributed by atoms with Crippen molar-refractivity contribution >= 4 is 5.91 Å². The number of hydrogen-bond donors (Lipinski definition) is 2. The maximum Gasteiger partial charge on any atom is 0.234 e. The molecule has 2 aliphatic rings. The minimum absolute atomic E-state index is 0.129. The number of aliphatic hydroxyl groups excluding tert-OH is 1. The first-order chi connectivity index (χ1) is 8.78. The maximum atomic E-state index is 11.9. The summed E-state index contributed by atoms with van der Waals surface area (Å²) in [5, 5.41) is 12.2. The number of amides is 1. The topological polar surface area (TPSA) is 61.8 Å². The number of carbonyl (C=O) groups excluding carboxylic acids is 1. The van der Waals surface area contributed by atoms with E-state index in [1.54, 1.807) is 0 Å². The SMILES string of the molecule is O=C(CN1CCOCC1)NC1CCC(CO)CC1. The van der Waals surface area contributed by atoms with Crippen molar-refractivity contribution in [3.63, 3.8) is 0 Å². The van der Waals surface area contributed by atoms with E-state index in [1.165, 1.54) is 0 Å². The Morgan fingerprint density at radius 1 is 1.22 bits per heavy atom. The quantitative estimate of drug-likeness (QED) is 0.742. The molecular formula is C13H24N2O3. The summed E-state index contributed by atoms with van der Waals surface area (Å²) >= 11 is 0. The molecule has 5 nitrogen and oxygen atoms in total. The van der Waals surface area contributed by atoms with Crippen LogP contribution >= 0.6 is 0 Å².